The number of hydrogen-bond donors (Lipinski definition) is 1. The van der Waals surface area contributed by atoms with E-state index in [1.54, 1.807) is 0 Å². The summed E-state index contributed by atoms with van der Waals surface area (Å²) in [5.74, 6) is 0.465. The van der Waals surface area contributed by atoms with Crippen molar-refractivity contribution in [2.75, 3.05) is 26.4 Å². The number of rotatable bonds is 28. The lowest BCUT2D eigenvalue weighted by molar-refractivity contribution is -0.150. The summed E-state index contributed by atoms with van der Waals surface area (Å²) in [6, 6.07) is 22.3. The Hall–Kier alpha value is -3.01. The monoisotopic (exact) mass is 866 g/mol. The molecular formula is C52H87NO7Si. The molecule has 3 unspecified atom stereocenters. The lowest BCUT2D eigenvalue weighted by Gasteiger charge is -2.32. The molecule has 5 atom stereocenters. The third-order valence-electron chi connectivity index (χ3n) is 12.1. The average Bonchev–Trinajstić information content (AvgIpc) is 3.17. The second-order valence-corrected chi connectivity index (χ2v) is 26.9. The number of nitrogens with one attached hydrogen (secondary N) is 1. The molecule has 0 bridgehead atoms. The van der Waals surface area contributed by atoms with Gasteiger partial charge in [0.15, 0.2) is 5.78 Å². The molecule has 0 aliphatic rings. The van der Waals surface area contributed by atoms with Gasteiger partial charge in [-0.3, -0.25) is 9.59 Å². The molecule has 0 aliphatic carbocycles. The molecule has 0 saturated heterocycles. The number of carbonyl (C=O) groups excluding carboxylic acids is 3. The molecule has 2 rings (SSSR count). The van der Waals surface area contributed by atoms with Crippen LogP contribution in [0.3, 0.4) is 0 Å². The van der Waals surface area contributed by atoms with Crippen LogP contribution in [0, 0.1) is 34.5 Å². The predicted octanol–water partition coefficient (Wildman–Crippen LogP) is 12.9. The van der Waals surface area contributed by atoms with Gasteiger partial charge in [-0.15, -0.1) is 0 Å². The molecule has 8 nitrogen and oxygen atoms in total. The van der Waals surface area contributed by atoms with Crippen LogP contribution in [0.15, 0.2) is 60.7 Å². The lowest BCUT2D eigenvalue weighted by Crippen LogP contribution is -2.46. The van der Waals surface area contributed by atoms with E-state index in [0.717, 1.165) is 54.9 Å². The Labute approximate surface area is 373 Å². The van der Waals surface area contributed by atoms with E-state index < -0.39 is 31.7 Å². The smallest absolute Gasteiger partial charge is 0.408 e. The zero-order chi connectivity index (χ0) is 45.7. The van der Waals surface area contributed by atoms with Gasteiger partial charge in [-0.25, -0.2) is 4.79 Å². The molecule has 346 valence electrons. The van der Waals surface area contributed by atoms with Crippen LogP contribution in [0.25, 0.3) is 0 Å². The van der Waals surface area contributed by atoms with Gasteiger partial charge in [-0.2, -0.15) is 0 Å². The number of hydrogen-bond acceptors (Lipinski definition) is 7. The minimum absolute atomic E-state index is 0.0477. The van der Waals surface area contributed by atoms with Crippen LogP contribution >= 0.6 is 0 Å². The van der Waals surface area contributed by atoms with Crippen molar-refractivity contribution >= 4 is 25.9 Å². The highest BCUT2D eigenvalue weighted by Gasteiger charge is 2.33. The number of esters is 1. The molecule has 9 heteroatoms. The van der Waals surface area contributed by atoms with Crippen molar-refractivity contribution in [3.8, 4) is 0 Å². The first-order valence-corrected chi connectivity index (χ1v) is 26.3. The highest BCUT2D eigenvalue weighted by molar-refractivity contribution is 6.79. The topological polar surface area (TPSA) is 100 Å². The summed E-state index contributed by atoms with van der Waals surface area (Å²) in [4.78, 5) is 40.8. The maximum atomic E-state index is 14.0. The zero-order valence-corrected chi connectivity index (χ0v) is 41.8. The first kappa shape index (κ1) is 54.1. The largest absolute Gasteiger partial charge is 0.466 e. The third kappa shape index (κ3) is 23.9. The van der Waals surface area contributed by atoms with Crippen molar-refractivity contribution in [3.63, 3.8) is 0 Å². The van der Waals surface area contributed by atoms with Gasteiger partial charge in [0.2, 0.25) is 0 Å². The van der Waals surface area contributed by atoms with E-state index in [4.69, 9.17) is 18.9 Å². The van der Waals surface area contributed by atoms with E-state index in [9.17, 15) is 14.4 Å². The normalized spacial score (nSPS) is 15.0. The van der Waals surface area contributed by atoms with Gasteiger partial charge in [0.1, 0.15) is 12.6 Å². The van der Waals surface area contributed by atoms with Gasteiger partial charge in [0, 0.05) is 19.6 Å². The van der Waals surface area contributed by atoms with Crippen LogP contribution in [0.5, 0.6) is 0 Å². The van der Waals surface area contributed by atoms with Gasteiger partial charge in [-0.05, 0) is 98.6 Å². The minimum atomic E-state index is -1.73. The molecule has 0 fully saturated rings. The summed E-state index contributed by atoms with van der Waals surface area (Å²) in [6.07, 6.45) is 5.45. The standard InChI is InChI=1S/C52H87NO7Si/c1-14-61(15-2,31-22-29-57-38-44(41(4)36-51(8,9)10)28-27-40(3)35-50(5,6)7)32-30-58-48(55)45(33-42-23-18-16-19-24-42)34-47(54)46(39-60-52(11,12)13)53-49(56)59-37-43-25-20-17-21-26-43/h16-21,23-26,40-41,44-46H,14-15,22,27-39H2,1-13H3,(H,53,56)/t40?,41?,44?,45-,46+/m1/s1. The molecule has 0 aromatic heterocycles. The van der Waals surface area contributed by atoms with Gasteiger partial charge in [0.05, 0.1) is 32.8 Å². The van der Waals surface area contributed by atoms with E-state index in [1.807, 2.05) is 81.4 Å². The Morgan fingerprint density at radius 1 is 0.705 bits per heavy atom. The minimum Gasteiger partial charge on any atom is -0.466 e. The molecule has 0 aliphatic heterocycles. The van der Waals surface area contributed by atoms with E-state index in [1.165, 1.54) is 25.7 Å². The summed E-state index contributed by atoms with van der Waals surface area (Å²) in [7, 11) is -1.73. The first-order chi connectivity index (χ1) is 28.5. The van der Waals surface area contributed by atoms with Crippen molar-refractivity contribution in [2.45, 2.75) is 177 Å². The number of ketones is 1. The van der Waals surface area contributed by atoms with E-state index in [-0.39, 0.29) is 31.4 Å². The van der Waals surface area contributed by atoms with Gasteiger partial charge >= 0.3 is 12.1 Å². The van der Waals surface area contributed by atoms with Crippen LogP contribution in [-0.4, -0.2) is 64.0 Å². The molecule has 61 heavy (non-hydrogen) atoms. The Kier molecular flexibility index (Phi) is 23.6. The van der Waals surface area contributed by atoms with E-state index in [0.29, 0.717) is 41.6 Å². The Morgan fingerprint density at radius 2 is 1.30 bits per heavy atom. The average molecular weight is 866 g/mol. The summed E-state index contributed by atoms with van der Waals surface area (Å²) in [5, 5.41) is 2.72. The fourth-order valence-electron chi connectivity index (χ4n) is 8.64. The summed E-state index contributed by atoms with van der Waals surface area (Å²) in [5.41, 5.74) is 1.87. The molecular weight excluding hydrogens is 779 g/mol. The number of Topliss-reactive ketones (excluding diaryl/α,β-unsaturated/α-hetero) is 1. The number of ether oxygens (including phenoxy) is 4. The molecule has 0 radical (unpaired) electrons. The van der Waals surface area contributed by atoms with Gasteiger partial charge < -0.3 is 24.3 Å². The van der Waals surface area contributed by atoms with Crippen molar-refractivity contribution in [3.05, 3.63) is 71.8 Å². The van der Waals surface area contributed by atoms with Crippen molar-refractivity contribution in [2.24, 2.45) is 34.5 Å². The Balaban J connectivity index is 2.06. The maximum absolute atomic E-state index is 14.0. The number of carbonyl (C=O) groups is 3. The van der Waals surface area contributed by atoms with E-state index in [2.05, 4.69) is 74.6 Å². The lowest BCUT2D eigenvalue weighted by atomic mass is 9.76. The molecule has 0 spiro atoms. The number of alkyl carbamates (subject to hydrolysis) is 1. The fourth-order valence-corrected chi connectivity index (χ4v) is 12.2. The van der Waals surface area contributed by atoms with Crippen LogP contribution in [0.1, 0.15) is 140 Å². The summed E-state index contributed by atoms with van der Waals surface area (Å²) >= 11 is 0. The van der Waals surface area contributed by atoms with E-state index >= 15 is 0 Å². The number of amides is 1. The van der Waals surface area contributed by atoms with Gasteiger partial charge in [0.25, 0.3) is 0 Å². The predicted molar refractivity (Wildman–Crippen MR) is 254 cm³/mol. The zero-order valence-electron chi connectivity index (χ0n) is 40.8. The number of benzene rings is 2. The molecule has 0 heterocycles. The third-order valence-corrected chi connectivity index (χ3v) is 17.8. The first-order valence-electron chi connectivity index (χ1n) is 23.5. The van der Waals surface area contributed by atoms with Crippen molar-refractivity contribution in [1.82, 2.24) is 5.32 Å². The van der Waals surface area contributed by atoms with Crippen LogP contribution in [0.4, 0.5) is 4.79 Å². The second-order valence-electron chi connectivity index (χ2n) is 21.5. The molecule has 0 saturated carbocycles. The van der Waals surface area contributed by atoms with Crippen molar-refractivity contribution < 1.29 is 33.3 Å². The molecule has 1 amide bonds. The Morgan fingerprint density at radius 3 is 1.85 bits per heavy atom. The quantitative estimate of drug-likeness (QED) is 0.0516. The van der Waals surface area contributed by atoms with Crippen LogP contribution in [-0.2, 0) is 41.6 Å². The summed E-state index contributed by atoms with van der Waals surface area (Å²) in [6.45, 7) is 31.1. The van der Waals surface area contributed by atoms with Gasteiger partial charge in [-0.1, -0.05) is 154 Å². The highest BCUT2D eigenvalue weighted by Crippen LogP contribution is 2.34. The van der Waals surface area contributed by atoms with Crippen LogP contribution < -0.4 is 5.32 Å². The van der Waals surface area contributed by atoms with Crippen molar-refractivity contribution in [1.29, 1.82) is 0 Å². The highest BCUT2D eigenvalue weighted by atomic mass is 28.3. The second kappa shape index (κ2) is 26.6. The molecule has 2 aromatic carbocycles. The molecule has 1 N–H and O–H groups in total. The Bertz CT molecular complexity index is 1520. The van der Waals surface area contributed by atoms with Crippen LogP contribution in [0.2, 0.25) is 24.2 Å². The maximum Gasteiger partial charge on any atom is 0.408 e. The fraction of sp³-hybridized carbons (Fsp3) is 0.712. The molecule has 2 aromatic rings. The SMILES string of the molecule is CC[Si](CC)(CCCOCC(CCC(C)CC(C)(C)C)C(C)CC(C)(C)C)CCOC(=O)[C@@H](CC(=O)[C@H](COC(C)(C)C)NC(=O)OCc1ccccc1)Cc1ccccc1. The summed E-state index contributed by atoms with van der Waals surface area (Å²) < 4.78 is 24.0.